The number of nitrogens with one attached hydrogen (secondary N) is 1. The summed E-state index contributed by atoms with van der Waals surface area (Å²) in [6, 6.07) is 6.76. The van der Waals surface area contributed by atoms with Crippen molar-refractivity contribution >= 4 is 35.2 Å². The van der Waals surface area contributed by atoms with Crippen molar-refractivity contribution < 1.29 is 19.1 Å². The van der Waals surface area contributed by atoms with Gasteiger partial charge in [0, 0.05) is 32.0 Å². The van der Waals surface area contributed by atoms with Gasteiger partial charge in [0.05, 0.1) is 5.75 Å². The van der Waals surface area contributed by atoms with Crippen molar-refractivity contribution in [3.8, 4) is 5.75 Å². The predicted molar refractivity (Wildman–Crippen MR) is 90.4 cm³/mol. The van der Waals surface area contributed by atoms with E-state index in [1.807, 2.05) is 0 Å². The molecule has 0 heterocycles. The van der Waals surface area contributed by atoms with E-state index in [2.05, 4.69) is 5.32 Å². The molecule has 0 saturated heterocycles. The van der Waals surface area contributed by atoms with Crippen LogP contribution in [0.2, 0.25) is 0 Å². The topological polar surface area (TPSA) is 102 Å². The second kappa shape index (κ2) is 9.73. The third-order valence-corrected chi connectivity index (χ3v) is 3.70. The molecule has 0 bridgehead atoms. The lowest BCUT2D eigenvalue weighted by molar-refractivity contribution is -0.130. The van der Waals surface area contributed by atoms with Gasteiger partial charge in [0.25, 0.3) is 5.91 Å². The third-order valence-electron chi connectivity index (χ3n) is 2.72. The van der Waals surface area contributed by atoms with Gasteiger partial charge in [0.2, 0.25) is 11.8 Å². The number of thioether (sulfide) groups is 1. The Morgan fingerprint density at radius 3 is 2.43 bits per heavy atom. The lowest BCUT2D eigenvalue weighted by Gasteiger charge is -2.11. The summed E-state index contributed by atoms with van der Waals surface area (Å²) >= 11 is 1.32. The number of benzene rings is 1. The van der Waals surface area contributed by atoms with E-state index in [1.165, 1.54) is 16.7 Å². The van der Waals surface area contributed by atoms with Crippen LogP contribution < -0.4 is 15.8 Å². The van der Waals surface area contributed by atoms with Gasteiger partial charge in [-0.25, -0.2) is 0 Å². The van der Waals surface area contributed by atoms with Gasteiger partial charge in [-0.05, 0) is 24.3 Å². The maximum absolute atomic E-state index is 11.7. The van der Waals surface area contributed by atoms with Crippen LogP contribution in [0.4, 0.5) is 5.69 Å². The summed E-state index contributed by atoms with van der Waals surface area (Å²) in [5, 5.41) is 2.74. The van der Waals surface area contributed by atoms with Gasteiger partial charge in [-0.15, -0.1) is 0 Å². The van der Waals surface area contributed by atoms with Crippen LogP contribution in [0.15, 0.2) is 24.3 Å². The summed E-state index contributed by atoms with van der Waals surface area (Å²) in [4.78, 5) is 35.1. The van der Waals surface area contributed by atoms with E-state index in [0.29, 0.717) is 23.6 Å². The highest BCUT2D eigenvalue weighted by atomic mass is 32.2. The Morgan fingerprint density at radius 1 is 1.22 bits per heavy atom. The summed E-state index contributed by atoms with van der Waals surface area (Å²) in [6.45, 7) is -0.0320. The summed E-state index contributed by atoms with van der Waals surface area (Å²) in [6.07, 6.45) is 0.299. The van der Waals surface area contributed by atoms with E-state index in [4.69, 9.17) is 10.5 Å². The molecule has 0 aliphatic heterocycles. The van der Waals surface area contributed by atoms with Crippen molar-refractivity contribution in [2.24, 2.45) is 5.73 Å². The van der Waals surface area contributed by atoms with Crippen LogP contribution in [0.1, 0.15) is 6.42 Å². The number of nitrogens with two attached hydrogens (primary N) is 1. The van der Waals surface area contributed by atoms with Crippen LogP contribution in [0.3, 0.4) is 0 Å². The van der Waals surface area contributed by atoms with E-state index in [0.717, 1.165) is 0 Å². The molecule has 0 aliphatic rings. The van der Waals surface area contributed by atoms with Gasteiger partial charge < -0.3 is 20.7 Å². The van der Waals surface area contributed by atoms with Gasteiger partial charge in [0.1, 0.15) is 5.75 Å². The first-order valence-electron chi connectivity index (χ1n) is 6.97. The molecule has 0 radical (unpaired) electrons. The fourth-order valence-corrected chi connectivity index (χ4v) is 2.15. The van der Waals surface area contributed by atoms with Gasteiger partial charge in [-0.3, -0.25) is 14.4 Å². The van der Waals surface area contributed by atoms with E-state index in [9.17, 15) is 14.4 Å². The molecular weight excluding hydrogens is 318 g/mol. The van der Waals surface area contributed by atoms with E-state index < -0.39 is 5.91 Å². The molecule has 1 aromatic carbocycles. The summed E-state index contributed by atoms with van der Waals surface area (Å²) in [5.41, 5.74) is 5.65. The molecule has 8 heteroatoms. The number of hydrogen-bond acceptors (Lipinski definition) is 5. The normalized spacial score (nSPS) is 10.0. The SMILES string of the molecule is CN(C)C(=O)COc1ccc(NC(=O)CCSCC(N)=O)cc1. The molecule has 0 aliphatic carbocycles. The van der Waals surface area contributed by atoms with Crippen molar-refractivity contribution in [3.05, 3.63) is 24.3 Å². The number of anilines is 1. The largest absolute Gasteiger partial charge is 0.484 e. The first kappa shape index (κ1) is 18.8. The van der Waals surface area contributed by atoms with Crippen molar-refractivity contribution in [2.75, 3.05) is 37.5 Å². The average molecular weight is 339 g/mol. The zero-order valence-electron chi connectivity index (χ0n) is 13.2. The van der Waals surface area contributed by atoms with Gasteiger partial charge in [-0.1, -0.05) is 0 Å². The number of likely N-dealkylation sites (N-methyl/N-ethyl adjacent to an activating group) is 1. The molecule has 0 fully saturated rings. The molecule has 126 valence electrons. The van der Waals surface area contributed by atoms with Crippen molar-refractivity contribution in [3.63, 3.8) is 0 Å². The Bertz CT molecular complexity index is 546. The highest BCUT2D eigenvalue weighted by Crippen LogP contribution is 2.16. The minimum Gasteiger partial charge on any atom is -0.484 e. The molecule has 0 spiro atoms. The highest BCUT2D eigenvalue weighted by Gasteiger charge is 2.06. The Labute approximate surface area is 139 Å². The molecule has 3 N–H and O–H groups in total. The van der Waals surface area contributed by atoms with Crippen LogP contribution in [-0.2, 0) is 14.4 Å². The average Bonchev–Trinajstić information content (AvgIpc) is 2.50. The molecule has 1 rings (SSSR count). The minimum atomic E-state index is -0.390. The van der Waals surface area contributed by atoms with E-state index >= 15 is 0 Å². The summed E-state index contributed by atoms with van der Waals surface area (Å²) in [5.74, 6) is 0.636. The number of nitrogens with zero attached hydrogens (tertiary/aromatic N) is 1. The number of carbonyl (C=O) groups excluding carboxylic acids is 3. The molecule has 7 nitrogen and oxygen atoms in total. The molecule has 0 unspecified atom stereocenters. The minimum absolute atomic E-state index is 0.0320. The Morgan fingerprint density at radius 2 is 1.87 bits per heavy atom. The van der Waals surface area contributed by atoms with Crippen LogP contribution in [0.25, 0.3) is 0 Å². The standard InChI is InChI=1S/C15H21N3O4S/c1-18(2)15(21)9-22-12-5-3-11(4-6-12)17-14(20)7-8-23-10-13(16)19/h3-6H,7-10H2,1-2H3,(H2,16,19)(H,17,20). The molecule has 23 heavy (non-hydrogen) atoms. The third kappa shape index (κ3) is 8.10. The predicted octanol–water partition coefficient (Wildman–Crippen LogP) is 0.701. The number of carbonyl (C=O) groups is 3. The number of hydrogen-bond donors (Lipinski definition) is 2. The molecule has 0 aromatic heterocycles. The second-order valence-electron chi connectivity index (χ2n) is 4.92. The van der Waals surface area contributed by atoms with Crippen molar-refractivity contribution in [2.45, 2.75) is 6.42 Å². The molecule has 3 amide bonds. The summed E-state index contributed by atoms with van der Waals surface area (Å²) < 4.78 is 5.34. The monoisotopic (exact) mass is 339 g/mol. The zero-order valence-corrected chi connectivity index (χ0v) is 14.0. The smallest absolute Gasteiger partial charge is 0.259 e. The number of amides is 3. The van der Waals surface area contributed by atoms with Crippen molar-refractivity contribution in [1.82, 2.24) is 4.90 Å². The van der Waals surface area contributed by atoms with E-state index in [1.54, 1.807) is 38.4 Å². The Kier molecular flexibility index (Phi) is 7.96. The highest BCUT2D eigenvalue weighted by molar-refractivity contribution is 7.99. The van der Waals surface area contributed by atoms with Crippen molar-refractivity contribution in [1.29, 1.82) is 0 Å². The van der Waals surface area contributed by atoms with Gasteiger partial charge in [-0.2, -0.15) is 11.8 Å². The number of ether oxygens (including phenoxy) is 1. The van der Waals surface area contributed by atoms with E-state index in [-0.39, 0.29) is 24.2 Å². The molecule has 0 atom stereocenters. The van der Waals surface area contributed by atoms with Crippen LogP contribution in [0.5, 0.6) is 5.75 Å². The second-order valence-corrected chi connectivity index (χ2v) is 6.02. The first-order chi connectivity index (χ1) is 10.9. The lowest BCUT2D eigenvalue weighted by atomic mass is 10.3. The Hall–Kier alpha value is -2.22. The maximum Gasteiger partial charge on any atom is 0.259 e. The zero-order chi connectivity index (χ0) is 17.2. The number of rotatable bonds is 9. The number of primary amides is 1. The molecule has 1 aromatic rings. The summed E-state index contributed by atoms with van der Waals surface area (Å²) in [7, 11) is 3.32. The fraction of sp³-hybridized carbons (Fsp3) is 0.400. The quantitative estimate of drug-likeness (QED) is 0.645. The van der Waals surface area contributed by atoms with Crippen LogP contribution in [0, 0.1) is 0 Å². The fourth-order valence-electron chi connectivity index (χ4n) is 1.47. The van der Waals surface area contributed by atoms with Crippen LogP contribution >= 0.6 is 11.8 Å². The van der Waals surface area contributed by atoms with Crippen LogP contribution in [-0.4, -0.2) is 54.8 Å². The van der Waals surface area contributed by atoms with Gasteiger partial charge in [0.15, 0.2) is 6.61 Å². The molecular formula is C15H21N3O4S. The lowest BCUT2D eigenvalue weighted by Crippen LogP contribution is -2.27. The van der Waals surface area contributed by atoms with Gasteiger partial charge >= 0.3 is 0 Å². The maximum atomic E-state index is 11.7. The first-order valence-corrected chi connectivity index (χ1v) is 8.13. The Balaban J connectivity index is 2.34. The molecule has 0 saturated carbocycles.